The number of benzene rings is 6. The van der Waals surface area contributed by atoms with Crippen LogP contribution in [0.15, 0.2) is 188 Å². The molecule has 0 saturated carbocycles. The molecule has 0 heterocycles. The standard InChI is InChI=1S/C21H16P.C14H14.C11H11.Zr/c1-3-11-19(12-4-1)22(20-13-5-2-6-14-20)21-15-17-9-7-8-10-18(17)16-21;1-3-7-13(8-4-1)11-12-14-9-5-2-6-10-14;1-8-6-7-9(2)11-5-3-4-10(8)11;/h1-16H;1-10H,11-12H2;3-7H,1-2H3;/q-1;;-1;+2. The molecule has 0 amide bonds. The summed E-state index contributed by atoms with van der Waals surface area (Å²) in [6.07, 6.45) is 2.26. The van der Waals surface area contributed by atoms with E-state index in [9.17, 15) is 0 Å². The van der Waals surface area contributed by atoms with Crippen molar-refractivity contribution in [2.75, 3.05) is 0 Å². The maximum atomic E-state index is 2.35. The molecule has 8 aromatic rings. The summed E-state index contributed by atoms with van der Waals surface area (Å²) in [6.45, 7) is 4.31. The van der Waals surface area contributed by atoms with E-state index >= 15 is 0 Å². The van der Waals surface area contributed by atoms with Gasteiger partial charge >= 0.3 is 26.2 Å². The minimum atomic E-state index is -0.493. The average molecular weight is 716 g/mol. The van der Waals surface area contributed by atoms with Gasteiger partial charge in [0.2, 0.25) is 0 Å². The molecule has 234 valence electrons. The largest absolute Gasteiger partial charge is 2.00 e. The number of hydrogen-bond donors (Lipinski definition) is 0. The second kappa shape index (κ2) is 17.8. The van der Waals surface area contributed by atoms with Crippen LogP contribution in [-0.2, 0) is 39.0 Å². The fraction of sp³-hybridized carbons (Fsp3) is 0.0870. The van der Waals surface area contributed by atoms with Gasteiger partial charge < -0.3 is 0 Å². The van der Waals surface area contributed by atoms with Gasteiger partial charge in [-0.25, -0.2) is 0 Å². The molecule has 0 radical (unpaired) electrons. The van der Waals surface area contributed by atoms with Crippen molar-refractivity contribution in [1.82, 2.24) is 0 Å². The van der Waals surface area contributed by atoms with E-state index < -0.39 is 7.92 Å². The Morgan fingerprint density at radius 1 is 0.500 bits per heavy atom. The summed E-state index contributed by atoms with van der Waals surface area (Å²) < 4.78 is 0. The topological polar surface area (TPSA) is 0 Å². The third kappa shape index (κ3) is 9.26. The van der Waals surface area contributed by atoms with Crippen LogP contribution in [0.5, 0.6) is 0 Å². The molecular formula is C46H41PZr. The molecule has 8 rings (SSSR count). The quantitative estimate of drug-likeness (QED) is 0.119. The molecule has 0 spiro atoms. The normalized spacial score (nSPS) is 10.5. The number of rotatable bonds is 6. The van der Waals surface area contributed by atoms with Gasteiger partial charge in [-0.05, 0) is 49.4 Å². The van der Waals surface area contributed by atoms with Crippen LogP contribution in [-0.4, -0.2) is 0 Å². The molecule has 2 heteroatoms. The molecule has 0 aromatic heterocycles. The van der Waals surface area contributed by atoms with Crippen LogP contribution in [0.2, 0.25) is 0 Å². The molecule has 0 unspecified atom stereocenters. The Balaban J connectivity index is 0.000000150. The Labute approximate surface area is 306 Å². The number of fused-ring (bicyclic) bond motifs is 2. The minimum Gasteiger partial charge on any atom is -0.168 e. The summed E-state index contributed by atoms with van der Waals surface area (Å²) in [5, 5.41) is 9.68. The molecule has 0 aliphatic heterocycles. The van der Waals surface area contributed by atoms with Crippen molar-refractivity contribution in [2.24, 2.45) is 0 Å². The van der Waals surface area contributed by atoms with Crippen molar-refractivity contribution in [1.29, 1.82) is 0 Å². The first-order chi connectivity index (χ1) is 23.2. The molecule has 0 aliphatic rings. The van der Waals surface area contributed by atoms with Crippen molar-refractivity contribution in [3.8, 4) is 0 Å². The smallest absolute Gasteiger partial charge is 0.168 e. The summed E-state index contributed by atoms with van der Waals surface area (Å²) >= 11 is 0. The third-order valence-electron chi connectivity index (χ3n) is 8.53. The number of aryl methyl sites for hydroxylation is 4. The fourth-order valence-electron chi connectivity index (χ4n) is 5.98. The van der Waals surface area contributed by atoms with Gasteiger partial charge in [-0.15, -0.1) is 68.8 Å². The van der Waals surface area contributed by atoms with E-state index in [2.05, 4.69) is 202 Å². The average Bonchev–Trinajstić information content (AvgIpc) is 3.81. The minimum absolute atomic E-state index is 0. The summed E-state index contributed by atoms with van der Waals surface area (Å²) in [6, 6.07) is 67.1. The van der Waals surface area contributed by atoms with Gasteiger partial charge in [0.05, 0.1) is 0 Å². The van der Waals surface area contributed by atoms with Crippen molar-refractivity contribution < 1.29 is 26.2 Å². The Morgan fingerprint density at radius 2 is 0.979 bits per heavy atom. The summed E-state index contributed by atoms with van der Waals surface area (Å²) in [4.78, 5) is 0. The van der Waals surface area contributed by atoms with E-state index in [0.29, 0.717) is 0 Å². The van der Waals surface area contributed by atoms with Gasteiger partial charge in [0, 0.05) is 0 Å². The molecule has 0 aliphatic carbocycles. The fourth-order valence-corrected chi connectivity index (χ4v) is 8.35. The Kier molecular flexibility index (Phi) is 13.1. The van der Waals surface area contributed by atoms with Crippen LogP contribution in [0.1, 0.15) is 22.3 Å². The molecule has 0 saturated heterocycles. The van der Waals surface area contributed by atoms with Crippen LogP contribution in [0.25, 0.3) is 21.5 Å². The molecule has 0 bridgehead atoms. The molecule has 48 heavy (non-hydrogen) atoms. The maximum absolute atomic E-state index is 2.35. The van der Waals surface area contributed by atoms with Crippen LogP contribution in [0.3, 0.4) is 0 Å². The molecule has 8 aromatic carbocycles. The molecule has 0 N–H and O–H groups in total. The van der Waals surface area contributed by atoms with E-state index in [4.69, 9.17) is 0 Å². The van der Waals surface area contributed by atoms with Crippen molar-refractivity contribution in [3.63, 3.8) is 0 Å². The molecule has 0 fully saturated rings. The first-order valence-electron chi connectivity index (χ1n) is 16.4. The predicted octanol–water partition coefficient (Wildman–Crippen LogP) is 11.0. The monoisotopic (exact) mass is 714 g/mol. The van der Waals surface area contributed by atoms with E-state index in [0.717, 1.165) is 12.8 Å². The van der Waals surface area contributed by atoms with E-state index in [1.54, 1.807) is 0 Å². The Bertz CT molecular complexity index is 1940. The third-order valence-corrected chi connectivity index (χ3v) is 10.9. The zero-order valence-electron chi connectivity index (χ0n) is 27.8. The molecule has 0 nitrogen and oxygen atoms in total. The van der Waals surface area contributed by atoms with E-state index in [1.165, 1.54) is 59.7 Å². The van der Waals surface area contributed by atoms with Crippen molar-refractivity contribution in [2.45, 2.75) is 26.7 Å². The number of hydrogen-bond acceptors (Lipinski definition) is 0. The van der Waals surface area contributed by atoms with Gasteiger partial charge in [-0.1, -0.05) is 146 Å². The predicted molar refractivity (Wildman–Crippen MR) is 208 cm³/mol. The van der Waals surface area contributed by atoms with Gasteiger partial charge in [0.25, 0.3) is 0 Å². The Morgan fingerprint density at radius 3 is 1.50 bits per heavy atom. The first kappa shape index (κ1) is 35.2. The first-order valence-corrected chi connectivity index (χ1v) is 17.7. The van der Waals surface area contributed by atoms with Gasteiger partial charge in [0.1, 0.15) is 0 Å². The summed E-state index contributed by atoms with van der Waals surface area (Å²) in [5.41, 5.74) is 5.57. The SMILES string of the molecule is Cc1ccc(C)c2[cH-]ccc12.[Zr+2].c1ccc(CCc2ccccc2)cc1.c1ccc(P(c2ccccc2)c2cc3ccccc3[cH-]2)cc1. The maximum Gasteiger partial charge on any atom is 2.00 e. The summed E-state index contributed by atoms with van der Waals surface area (Å²) in [5.74, 6) is 0. The zero-order chi connectivity index (χ0) is 32.3. The molecule has 0 atom stereocenters. The van der Waals surface area contributed by atoms with E-state index in [1.807, 2.05) is 0 Å². The van der Waals surface area contributed by atoms with Crippen LogP contribution in [0, 0.1) is 13.8 Å². The van der Waals surface area contributed by atoms with Crippen LogP contribution < -0.4 is 15.9 Å². The zero-order valence-corrected chi connectivity index (χ0v) is 31.1. The Hall–Kier alpha value is -4.15. The molecular weight excluding hydrogens is 675 g/mol. The van der Waals surface area contributed by atoms with Crippen molar-refractivity contribution in [3.05, 3.63) is 210 Å². The van der Waals surface area contributed by atoms with Crippen LogP contribution in [0.4, 0.5) is 0 Å². The summed E-state index contributed by atoms with van der Waals surface area (Å²) in [7, 11) is -0.493. The van der Waals surface area contributed by atoms with E-state index in [-0.39, 0.29) is 26.2 Å². The van der Waals surface area contributed by atoms with Crippen molar-refractivity contribution >= 4 is 45.4 Å². The second-order valence-corrected chi connectivity index (χ2v) is 14.1. The van der Waals surface area contributed by atoms with Gasteiger partial charge in [-0.2, -0.15) is 18.2 Å². The van der Waals surface area contributed by atoms with Gasteiger partial charge in [-0.3, -0.25) is 0 Å². The second-order valence-electron chi connectivity index (χ2n) is 11.9. The van der Waals surface area contributed by atoms with Crippen LogP contribution >= 0.6 is 7.92 Å². The van der Waals surface area contributed by atoms with Gasteiger partial charge in [0.15, 0.2) is 0 Å².